The second-order valence-electron chi connectivity index (χ2n) is 9.80. The number of thioether (sulfide) groups is 1. The molecular formula is C25H34Cl2F3N5OS. The van der Waals surface area contributed by atoms with Crippen molar-refractivity contribution in [3.63, 3.8) is 0 Å². The molecule has 0 radical (unpaired) electrons. The van der Waals surface area contributed by atoms with Gasteiger partial charge in [-0.2, -0.15) is 13.2 Å². The average Bonchev–Trinajstić information content (AvgIpc) is 3.42. The zero-order valence-electron chi connectivity index (χ0n) is 20.5. The fourth-order valence-electron chi connectivity index (χ4n) is 5.72. The van der Waals surface area contributed by atoms with Crippen molar-refractivity contribution >= 4 is 59.1 Å². The lowest BCUT2D eigenvalue weighted by Crippen LogP contribution is -2.53. The fourth-order valence-corrected chi connectivity index (χ4v) is 6.67. The average molecular weight is 581 g/mol. The molecule has 1 aliphatic carbocycles. The molecule has 2 aromatic rings. The quantitative estimate of drug-likeness (QED) is 0.569. The molecule has 3 fully saturated rings. The molecular weight excluding hydrogens is 546 g/mol. The van der Waals surface area contributed by atoms with Gasteiger partial charge in [0.15, 0.2) is 0 Å². The van der Waals surface area contributed by atoms with E-state index in [1.54, 1.807) is 23.9 Å². The highest BCUT2D eigenvalue weighted by atomic mass is 35.5. The van der Waals surface area contributed by atoms with Crippen LogP contribution in [0.2, 0.25) is 0 Å². The maximum absolute atomic E-state index is 13.5. The number of amides is 1. The third kappa shape index (κ3) is 6.58. The van der Waals surface area contributed by atoms with E-state index >= 15 is 0 Å². The summed E-state index contributed by atoms with van der Waals surface area (Å²) < 4.78 is 40.4. The lowest BCUT2D eigenvalue weighted by atomic mass is 9.80. The number of halogens is 5. The molecule has 37 heavy (non-hydrogen) atoms. The number of hydrogen-bond acceptors (Lipinski definition) is 6. The number of nitrogens with two attached hydrogens (primary N) is 1. The molecule has 2 saturated heterocycles. The smallest absolute Gasteiger partial charge is 0.368 e. The third-order valence-electron chi connectivity index (χ3n) is 7.75. The Bertz CT molecular complexity index is 1060. The first-order valence-corrected chi connectivity index (χ1v) is 13.5. The number of nitrogens with zero attached hydrogens (tertiary/aromatic N) is 4. The van der Waals surface area contributed by atoms with Crippen LogP contribution in [-0.2, 0) is 11.0 Å². The van der Waals surface area contributed by atoms with Crippen LogP contribution in [0.5, 0.6) is 0 Å². The Morgan fingerprint density at radius 1 is 1.03 bits per heavy atom. The van der Waals surface area contributed by atoms with Crippen molar-refractivity contribution in [2.24, 2.45) is 11.7 Å². The van der Waals surface area contributed by atoms with Crippen LogP contribution in [0.3, 0.4) is 0 Å². The Morgan fingerprint density at radius 3 is 2.32 bits per heavy atom. The van der Waals surface area contributed by atoms with Gasteiger partial charge in [0.25, 0.3) is 0 Å². The normalized spacial score (nSPS) is 23.9. The predicted octanol–water partition coefficient (Wildman–Crippen LogP) is 4.64. The third-order valence-corrected chi connectivity index (χ3v) is 8.72. The van der Waals surface area contributed by atoms with Gasteiger partial charge in [0.05, 0.1) is 17.4 Å². The van der Waals surface area contributed by atoms with E-state index in [9.17, 15) is 18.0 Å². The van der Waals surface area contributed by atoms with E-state index < -0.39 is 17.9 Å². The molecule has 3 heterocycles. The van der Waals surface area contributed by atoms with Crippen LogP contribution in [0.25, 0.3) is 10.9 Å². The molecule has 1 aromatic carbocycles. The lowest BCUT2D eigenvalue weighted by Gasteiger charge is -2.43. The van der Waals surface area contributed by atoms with E-state index in [4.69, 9.17) is 5.73 Å². The van der Waals surface area contributed by atoms with Crippen molar-refractivity contribution in [3.8, 4) is 0 Å². The fraction of sp³-hybridized carbons (Fsp3) is 0.600. The molecule has 1 amide bonds. The standard InChI is InChI=1S/C25H32F3N5OS.2ClH/c26-25(27,28)22-15-21(19-3-1-2-4-20(19)30-22)32-11-9-31(10-12-32)18-7-5-17(6-8-18)23(29)24(34)33-13-14-35-16-33;;/h1-4,15,17-18,23H,5-14,16,29H2;2*1H/t17?,18?,23-;;/m0../s1. The lowest BCUT2D eigenvalue weighted by molar-refractivity contribution is -0.141. The van der Waals surface area contributed by atoms with Gasteiger partial charge in [0.2, 0.25) is 5.91 Å². The Balaban J connectivity index is 0.00000190. The number of alkyl halides is 3. The van der Waals surface area contributed by atoms with Crippen molar-refractivity contribution in [1.82, 2.24) is 14.8 Å². The number of piperazine rings is 1. The van der Waals surface area contributed by atoms with Crippen LogP contribution in [0.4, 0.5) is 18.9 Å². The van der Waals surface area contributed by atoms with E-state index in [-0.39, 0.29) is 36.6 Å². The second-order valence-corrected chi connectivity index (χ2v) is 10.9. The van der Waals surface area contributed by atoms with E-state index in [1.807, 2.05) is 17.0 Å². The van der Waals surface area contributed by atoms with Gasteiger partial charge in [-0.1, -0.05) is 18.2 Å². The van der Waals surface area contributed by atoms with Gasteiger partial charge >= 0.3 is 6.18 Å². The number of rotatable bonds is 4. The van der Waals surface area contributed by atoms with Crippen molar-refractivity contribution in [1.29, 1.82) is 0 Å². The number of benzene rings is 1. The number of carbonyl (C=O) groups excluding carboxylic acids is 1. The van der Waals surface area contributed by atoms with Crippen molar-refractivity contribution in [2.75, 3.05) is 49.3 Å². The van der Waals surface area contributed by atoms with Crippen molar-refractivity contribution in [3.05, 3.63) is 36.0 Å². The largest absolute Gasteiger partial charge is 0.433 e. The van der Waals surface area contributed by atoms with Gasteiger partial charge < -0.3 is 15.5 Å². The van der Waals surface area contributed by atoms with Gasteiger partial charge in [0.1, 0.15) is 5.69 Å². The number of pyridine rings is 1. The zero-order valence-corrected chi connectivity index (χ0v) is 23.0. The Kier molecular flexibility index (Phi) is 10.2. The van der Waals surface area contributed by atoms with Gasteiger partial charge in [-0.3, -0.25) is 9.69 Å². The van der Waals surface area contributed by atoms with Crippen LogP contribution >= 0.6 is 36.6 Å². The summed E-state index contributed by atoms with van der Waals surface area (Å²) in [6, 6.07) is 8.27. The maximum atomic E-state index is 13.5. The molecule has 1 aromatic heterocycles. The molecule has 206 valence electrons. The highest BCUT2D eigenvalue weighted by Crippen LogP contribution is 2.36. The predicted molar refractivity (Wildman–Crippen MR) is 148 cm³/mol. The van der Waals surface area contributed by atoms with E-state index in [2.05, 4.69) is 14.8 Å². The van der Waals surface area contributed by atoms with Gasteiger partial charge in [-0.05, 0) is 43.7 Å². The van der Waals surface area contributed by atoms with Gasteiger partial charge in [0, 0.05) is 55.6 Å². The highest BCUT2D eigenvalue weighted by Gasteiger charge is 2.36. The minimum Gasteiger partial charge on any atom is -0.368 e. The Morgan fingerprint density at radius 2 is 1.70 bits per heavy atom. The van der Waals surface area contributed by atoms with Crippen molar-refractivity contribution in [2.45, 2.75) is 43.9 Å². The minimum absolute atomic E-state index is 0. The SMILES string of the molecule is Cl.Cl.N[C@H](C(=O)N1CCSC1)C1CCC(N2CCN(c3cc(C(F)(F)F)nc4ccccc34)CC2)CC1. The number of carbonyl (C=O) groups is 1. The molecule has 0 unspecified atom stereocenters. The van der Waals surface area contributed by atoms with E-state index in [0.29, 0.717) is 30.3 Å². The molecule has 2 N–H and O–H groups in total. The Labute approximate surface area is 232 Å². The molecule has 5 rings (SSSR count). The monoisotopic (exact) mass is 579 g/mol. The molecule has 1 saturated carbocycles. The van der Waals surface area contributed by atoms with Crippen molar-refractivity contribution < 1.29 is 18.0 Å². The second kappa shape index (κ2) is 12.6. The summed E-state index contributed by atoms with van der Waals surface area (Å²) in [5.74, 6) is 2.07. The first-order chi connectivity index (χ1) is 16.8. The molecule has 0 spiro atoms. The number of fused-ring (bicyclic) bond motifs is 1. The van der Waals surface area contributed by atoms with E-state index in [1.165, 1.54) is 6.07 Å². The molecule has 1 atom stereocenters. The summed E-state index contributed by atoms with van der Waals surface area (Å²) in [5.41, 5.74) is 6.50. The van der Waals surface area contributed by atoms with E-state index in [0.717, 1.165) is 62.3 Å². The summed E-state index contributed by atoms with van der Waals surface area (Å²) in [5, 5.41) is 0.754. The van der Waals surface area contributed by atoms with Gasteiger partial charge in [-0.25, -0.2) is 4.98 Å². The molecule has 2 aliphatic heterocycles. The highest BCUT2D eigenvalue weighted by molar-refractivity contribution is 7.99. The van der Waals surface area contributed by atoms with Crippen LogP contribution in [0, 0.1) is 5.92 Å². The molecule has 0 bridgehead atoms. The number of anilines is 1. The summed E-state index contributed by atoms with van der Waals surface area (Å²) in [6.45, 7) is 3.77. The summed E-state index contributed by atoms with van der Waals surface area (Å²) in [7, 11) is 0. The number of aromatic nitrogens is 1. The van der Waals surface area contributed by atoms with Crippen LogP contribution in [-0.4, -0.2) is 77.1 Å². The molecule has 6 nitrogen and oxygen atoms in total. The first kappa shape index (κ1) is 30.1. The topological polar surface area (TPSA) is 65.7 Å². The molecule has 3 aliphatic rings. The number of hydrogen-bond donors (Lipinski definition) is 1. The van der Waals surface area contributed by atoms with Crippen LogP contribution < -0.4 is 10.6 Å². The maximum Gasteiger partial charge on any atom is 0.433 e. The van der Waals surface area contributed by atoms with Crippen LogP contribution in [0.1, 0.15) is 31.4 Å². The van der Waals surface area contributed by atoms with Gasteiger partial charge in [-0.15, -0.1) is 36.6 Å². The number of para-hydroxylation sites is 1. The summed E-state index contributed by atoms with van der Waals surface area (Å²) >= 11 is 1.77. The zero-order chi connectivity index (χ0) is 24.6. The minimum atomic E-state index is -4.48. The first-order valence-electron chi connectivity index (χ1n) is 12.4. The summed E-state index contributed by atoms with van der Waals surface area (Å²) in [4.78, 5) is 22.9. The Hall–Kier alpha value is -1.46. The molecule has 12 heteroatoms. The summed E-state index contributed by atoms with van der Waals surface area (Å²) in [6.07, 6.45) is -0.561. The van der Waals surface area contributed by atoms with Crippen LogP contribution in [0.15, 0.2) is 30.3 Å².